The number of anilines is 1. The second-order valence-corrected chi connectivity index (χ2v) is 10.4. The van der Waals surface area contributed by atoms with E-state index in [1.807, 2.05) is 51.1 Å². The van der Waals surface area contributed by atoms with Gasteiger partial charge < -0.3 is 15.0 Å². The summed E-state index contributed by atoms with van der Waals surface area (Å²) in [5, 5.41) is 2.91. The molecule has 2 aromatic rings. The van der Waals surface area contributed by atoms with E-state index in [0.29, 0.717) is 18.7 Å². The maximum absolute atomic E-state index is 13.7. The number of carbonyl (C=O) groups is 2. The quantitative estimate of drug-likeness (QED) is 0.422. The van der Waals surface area contributed by atoms with Crippen LogP contribution in [0.4, 0.5) is 5.69 Å². The molecule has 8 nitrogen and oxygen atoms in total. The van der Waals surface area contributed by atoms with Crippen molar-refractivity contribution in [3.63, 3.8) is 0 Å². The van der Waals surface area contributed by atoms with Gasteiger partial charge in [-0.25, -0.2) is 8.42 Å². The van der Waals surface area contributed by atoms with Crippen LogP contribution >= 0.6 is 0 Å². The van der Waals surface area contributed by atoms with E-state index in [1.54, 1.807) is 18.2 Å². The topological polar surface area (TPSA) is 96.0 Å². The lowest BCUT2D eigenvalue weighted by Crippen LogP contribution is -2.52. The highest BCUT2D eigenvalue weighted by Crippen LogP contribution is 2.31. The molecular formula is C26H37N3O5S. The summed E-state index contributed by atoms with van der Waals surface area (Å²) in [6.07, 6.45) is 3.22. The summed E-state index contributed by atoms with van der Waals surface area (Å²) in [7, 11) is -2.38. The van der Waals surface area contributed by atoms with Crippen molar-refractivity contribution in [1.82, 2.24) is 10.2 Å². The predicted octanol–water partition coefficient (Wildman–Crippen LogP) is 3.49. The molecular weight excluding hydrogens is 466 g/mol. The Morgan fingerprint density at radius 1 is 1.09 bits per heavy atom. The van der Waals surface area contributed by atoms with E-state index < -0.39 is 28.5 Å². The third-order valence-corrected chi connectivity index (χ3v) is 6.82. The molecule has 0 heterocycles. The highest BCUT2D eigenvalue weighted by atomic mass is 32.2. The fraction of sp³-hybridized carbons (Fsp3) is 0.462. The molecule has 0 saturated heterocycles. The van der Waals surface area contributed by atoms with Gasteiger partial charge in [0.2, 0.25) is 21.8 Å². The van der Waals surface area contributed by atoms with Crippen LogP contribution in [-0.2, 0) is 26.2 Å². The zero-order valence-corrected chi connectivity index (χ0v) is 22.1. The number of aryl methyl sites for hydroxylation is 1. The standard InChI is InChI=1S/C26H37N3O5S/c1-6-8-16-27-26(31)22(7-2)28(18-21-12-10-9-11-13-21)25(30)19-29(35(5,32)33)23-17-20(3)14-15-24(23)34-4/h9-15,17,22H,6-8,16,18-19H2,1-5H3,(H,27,31)/t22-/m1/s1. The molecule has 0 saturated carbocycles. The number of ether oxygens (including phenoxy) is 1. The first-order valence-corrected chi connectivity index (χ1v) is 13.7. The van der Waals surface area contributed by atoms with Crippen LogP contribution in [0.1, 0.15) is 44.2 Å². The third-order valence-electron chi connectivity index (χ3n) is 5.69. The minimum atomic E-state index is -3.83. The summed E-state index contributed by atoms with van der Waals surface area (Å²) < 4.78 is 32.0. The maximum atomic E-state index is 13.7. The molecule has 0 aliphatic rings. The molecule has 2 aromatic carbocycles. The SMILES string of the molecule is CCCCNC(=O)[C@@H](CC)N(Cc1ccccc1)C(=O)CN(c1cc(C)ccc1OC)S(C)(=O)=O. The predicted molar refractivity (Wildman–Crippen MR) is 139 cm³/mol. The molecule has 35 heavy (non-hydrogen) atoms. The number of benzene rings is 2. The van der Waals surface area contributed by atoms with Gasteiger partial charge in [0, 0.05) is 13.1 Å². The monoisotopic (exact) mass is 503 g/mol. The number of hydrogen-bond acceptors (Lipinski definition) is 5. The number of sulfonamides is 1. The molecule has 0 spiro atoms. The second kappa shape index (κ2) is 13.1. The third kappa shape index (κ3) is 7.99. The normalized spacial score (nSPS) is 12.0. The number of rotatable bonds is 13. The van der Waals surface area contributed by atoms with Crippen LogP contribution in [0.3, 0.4) is 0 Å². The van der Waals surface area contributed by atoms with E-state index >= 15 is 0 Å². The summed E-state index contributed by atoms with van der Waals surface area (Å²) in [6, 6.07) is 13.8. The van der Waals surface area contributed by atoms with E-state index in [-0.39, 0.29) is 18.1 Å². The summed E-state index contributed by atoms with van der Waals surface area (Å²) in [6.45, 7) is 5.96. The molecule has 1 atom stereocenters. The average Bonchev–Trinajstić information content (AvgIpc) is 2.82. The zero-order valence-electron chi connectivity index (χ0n) is 21.3. The highest BCUT2D eigenvalue weighted by Gasteiger charge is 2.32. The number of hydrogen-bond donors (Lipinski definition) is 1. The van der Waals surface area contributed by atoms with Crippen LogP contribution in [-0.4, -0.2) is 57.6 Å². The van der Waals surface area contributed by atoms with Crippen molar-refractivity contribution in [3.05, 3.63) is 59.7 Å². The van der Waals surface area contributed by atoms with Crippen LogP contribution < -0.4 is 14.4 Å². The molecule has 0 fully saturated rings. The fourth-order valence-corrected chi connectivity index (χ4v) is 4.64. The van der Waals surface area contributed by atoms with Gasteiger partial charge in [-0.15, -0.1) is 0 Å². The molecule has 1 N–H and O–H groups in total. The Balaban J connectivity index is 2.44. The Morgan fingerprint density at radius 2 is 1.77 bits per heavy atom. The summed E-state index contributed by atoms with van der Waals surface area (Å²) in [4.78, 5) is 28.2. The lowest BCUT2D eigenvalue weighted by Gasteiger charge is -2.33. The van der Waals surface area contributed by atoms with Crippen molar-refractivity contribution < 1.29 is 22.7 Å². The van der Waals surface area contributed by atoms with Crippen LogP contribution in [0.15, 0.2) is 48.5 Å². The first-order valence-electron chi connectivity index (χ1n) is 11.9. The maximum Gasteiger partial charge on any atom is 0.244 e. The van der Waals surface area contributed by atoms with Crippen LogP contribution in [0.2, 0.25) is 0 Å². The number of carbonyl (C=O) groups excluding carboxylic acids is 2. The molecule has 2 rings (SSSR count). The lowest BCUT2D eigenvalue weighted by atomic mass is 10.1. The number of amides is 2. The molecule has 0 aliphatic heterocycles. The Bertz CT molecular complexity index is 1090. The molecule has 0 aromatic heterocycles. The molecule has 0 aliphatic carbocycles. The fourth-order valence-electron chi connectivity index (χ4n) is 3.80. The number of unbranched alkanes of at least 4 members (excludes halogenated alkanes) is 1. The largest absolute Gasteiger partial charge is 0.495 e. The van der Waals surface area contributed by atoms with E-state index in [4.69, 9.17) is 4.74 Å². The number of nitrogens with one attached hydrogen (secondary N) is 1. The summed E-state index contributed by atoms with van der Waals surface area (Å²) >= 11 is 0. The van der Waals surface area contributed by atoms with Crippen molar-refractivity contribution in [3.8, 4) is 5.75 Å². The Hall–Kier alpha value is -3.07. The van der Waals surface area contributed by atoms with Gasteiger partial charge in [-0.3, -0.25) is 13.9 Å². The van der Waals surface area contributed by atoms with E-state index in [9.17, 15) is 18.0 Å². The van der Waals surface area contributed by atoms with Crippen molar-refractivity contribution in [2.75, 3.05) is 30.8 Å². The van der Waals surface area contributed by atoms with Crippen molar-refractivity contribution >= 4 is 27.5 Å². The van der Waals surface area contributed by atoms with Crippen molar-refractivity contribution in [1.29, 1.82) is 0 Å². The van der Waals surface area contributed by atoms with Gasteiger partial charge in [0.25, 0.3) is 0 Å². The van der Waals surface area contributed by atoms with Gasteiger partial charge in [-0.05, 0) is 43.0 Å². The van der Waals surface area contributed by atoms with Crippen LogP contribution in [0.25, 0.3) is 0 Å². The number of methoxy groups -OCH3 is 1. The highest BCUT2D eigenvalue weighted by molar-refractivity contribution is 7.92. The summed E-state index contributed by atoms with van der Waals surface area (Å²) in [5.41, 5.74) is 1.95. The summed E-state index contributed by atoms with van der Waals surface area (Å²) in [5.74, 6) is -0.377. The van der Waals surface area contributed by atoms with E-state index in [1.165, 1.54) is 12.0 Å². The van der Waals surface area contributed by atoms with Crippen LogP contribution in [0, 0.1) is 6.92 Å². The minimum Gasteiger partial charge on any atom is -0.495 e. The minimum absolute atomic E-state index is 0.182. The molecule has 9 heteroatoms. The van der Waals surface area contributed by atoms with Gasteiger partial charge in [0.05, 0.1) is 19.1 Å². The van der Waals surface area contributed by atoms with Gasteiger partial charge >= 0.3 is 0 Å². The number of nitrogens with zero attached hydrogens (tertiary/aromatic N) is 2. The molecule has 0 unspecified atom stereocenters. The van der Waals surface area contributed by atoms with Gasteiger partial charge in [0.15, 0.2) is 0 Å². The Kier molecular flexibility index (Phi) is 10.6. The zero-order chi connectivity index (χ0) is 26.0. The van der Waals surface area contributed by atoms with Crippen molar-refractivity contribution in [2.24, 2.45) is 0 Å². The molecule has 192 valence electrons. The molecule has 2 amide bonds. The van der Waals surface area contributed by atoms with E-state index in [2.05, 4.69) is 5.32 Å². The first kappa shape index (κ1) is 28.2. The van der Waals surface area contributed by atoms with E-state index in [0.717, 1.165) is 34.5 Å². The lowest BCUT2D eigenvalue weighted by molar-refractivity contribution is -0.140. The van der Waals surface area contributed by atoms with Gasteiger partial charge in [0.1, 0.15) is 18.3 Å². The Labute approximate surface area is 209 Å². The molecule has 0 radical (unpaired) electrons. The second-order valence-electron chi connectivity index (χ2n) is 8.52. The average molecular weight is 504 g/mol. The van der Waals surface area contributed by atoms with Crippen LogP contribution in [0.5, 0.6) is 5.75 Å². The van der Waals surface area contributed by atoms with Gasteiger partial charge in [-0.2, -0.15) is 0 Å². The van der Waals surface area contributed by atoms with Crippen molar-refractivity contribution in [2.45, 2.75) is 52.6 Å². The molecule has 0 bridgehead atoms. The first-order chi connectivity index (χ1) is 16.6. The van der Waals surface area contributed by atoms with Gasteiger partial charge in [-0.1, -0.05) is 56.7 Å². The smallest absolute Gasteiger partial charge is 0.244 e. The Morgan fingerprint density at radius 3 is 2.34 bits per heavy atom.